The Morgan fingerprint density at radius 1 is 0.936 bits per heavy atom. The van der Waals surface area contributed by atoms with Gasteiger partial charge in [0.1, 0.15) is 23.9 Å². The second-order valence-electron chi connectivity index (χ2n) is 13.2. The largest absolute Gasteiger partial charge is 0.497 e. The van der Waals surface area contributed by atoms with E-state index in [2.05, 4.69) is 31.1 Å². The van der Waals surface area contributed by atoms with Gasteiger partial charge in [0.2, 0.25) is 0 Å². The molecule has 0 aliphatic carbocycles. The standard InChI is InChI=1S/C38H48FN3O5/c1-6-7-8-9-10-11-14-29-24-42(41-40-29)26-37(2,3)34-20-27(16-18-32(34)33-22-30(46-5)17-19-35(33)39)25-47-31-15-12-13-28(21-31)38(4,45)23-36(43)44/h12-13,15-22,24,45H,6-11,14,23,25-26H2,1-5H3,(H,43,44)/t38-/m0/s1. The molecule has 0 aliphatic rings. The lowest BCUT2D eigenvalue weighted by Crippen LogP contribution is -2.26. The summed E-state index contributed by atoms with van der Waals surface area (Å²) in [6, 6.07) is 17.4. The van der Waals surface area contributed by atoms with E-state index in [1.54, 1.807) is 43.5 Å². The third-order valence-corrected chi connectivity index (χ3v) is 8.56. The second kappa shape index (κ2) is 16.0. The normalized spacial score (nSPS) is 12.9. The first-order chi connectivity index (χ1) is 22.4. The molecule has 4 rings (SSSR count). The maximum atomic E-state index is 15.3. The summed E-state index contributed by atoms with van der Waals surface area (Å²) in [4.78, 5) is 11.3. The summed E-state index contributed by atoms with van der Waals surface area (Å²) in [6.07, 6.45) is 9.80. The molecule has 9 heteroatoms. The minimum atomic E-state index is -1.54. The van der Waals surface area contributed by atoms with Crippen LogP contribution >= 0.6 is 0 Å². The van der Waals surface area contributed by atoms with Crippen LogP contribution in [-0.4, -0.2) is 38.3 Å². The van der Waals surface area contributed by atoms with Crippen LogP contribution in [0.25, 0.3) is 11.1 Å². The molecule has 0 amide bonds. The Balaban J connectivity index is 1.59. The zero-order valence-electron chi connectivity index (χ0n) is 28.3. The number of rotatable bonds is 18. The molecule has 1 atom stereocenters. The molecular weight excluding hydrogens is 597 g/mol. The maximum absolute atomic E-state index is 15.3. The Labute approximate surface area is 277 Å². The summed E-state index contributed by atoms with van der Waals surface area (Å²) in [5.74, 6) is -0.382. The minimum absolute atomic E-state index is 0.209. The maximum Gasteiger partial charge on any atom is 0.306 e. The molecule has 0 fully saturated rings. The predicted octanol–water partition coefficient (Wildman–Crippen LogP) is 8.23. The highest BCUT2D eigenvalue weighted by Gasteiger charge is 2.28. The first-order valence-electron chi connectivity index (χ1n) is 16.5. The molecule has 0 saturated heterocycles. The van der Waals surface area contributed by atoms with E-state index in [0.717, 1.165) is 35.2 Å². The highest BCUT2D eigenvalue weighted by Crippen LogP contribution is 2.38. The summed E-state index contributed by atoms with van der Waals surface area (Å²) in [5.41, 5.74) is 2.36. The molecule has 252 valence electrons. The van der Waals surface area contributed by atoms with Crippen LogP contribution in [0.15, 0.2) is 66.9 Å². The van der Waals surface area contributed by atoms with Crippen LogP contribution in [0.3, 0.4) is 0 Å². The average molecular weight is 646 g/mol. The summed E-state index contributed by atoms with van der Waals surface area (Å²) in [5, 5.41) is 28.8. The lowest BCUT2D eigenvalue weighted by molar-refractivity contribution is -0.142. The van der Waals surface area contributed by atoms with Gasteiger partial charge in [-0.05, 0) is 72.4 Å². The smallest absolute Gasteiger partial charge is 0.306 e. The fourth-order valence-corrected chi connectivity index (χ4v) is 5.90. The SMILES string of the molecule is CCCCCCCCc1cn(CC(C)(C)c2cc(COc3cccc([C@@](C)(O)CC(=O)O)c3)ccc2-c2cc(OC)ccc2F)nn1. The van der Waals surface area contributed by atoms with Crippen molar-refractivity contribution < 1.29 is 28.9 Å². The third kappa shape index (κ3) is 9.88. The molecule has 3 aromatic carbocycles. The first-order valence-corrected chi connectivity index (χ1v) is 16.5. The lowest BCUT2D eigenvalue weighted by atomic mass is 9.79. The molecule has 1 aromatic heterocycles. The second-order valence-corrected chi connectivity index (χ2v) is 13.2. The van der Waals surface area contributed by atoms with E-state index in [1.165, 1.54) is 45.1 Å². The monoisotopic (exact) mass is 645 g/mol. The van der Waals surface area contributed by atoms with Crippen LogP contribution in [0.1, 0.15) is 95.0 Å². The van der Waals surface area contributed by atoms with E-state index in [0.29, 0.717) is 29.2 Å². The van der Waals surface area contributed by atoms with Crippen LogP contribution < -0.4 is 9.47 Å². The molecule has 0 saturated carbocycles. The van der Waals surface area contributed by atoms with Crippen molar-refractivity contribution in [2.75, 3.05) is 7.11 Å². The highest BCUT2D eigenvalue weighted by molar-refractivity contribution is 5.71. The highest BCUT2D eigenvalue weighted by atomic mass is 19.1. The van der Waals surface area contributed by atoms with Gasteiger partial charge in [-0.1, -0.05) is 88.4 Å². The number of hydrogen-bond donors (Lipinski definition) is 2. The zero-order valence-corrected chi connectivity index (χ0v) is 28.3. The van der Waals surface area contributed by atoms with Gasteiger partial charge in [-0.3, -0.25) is 9.48 Å². The predicted molar refractivity (Wildman–Crippen MR) is 181 cm³/mol. The van der Waals surface area contributed by atoms with Crippen LogP contribution in [0.2, 0.25) is 0 Å². The van der Waals surface area contributed by atoms with Crippen molar-refractivity contribution >= 4 is 5.97 Å². The van der Waals surface area contributed by atoms with Gasteiger partial charge in [-0.2, -0.15) is 0 Å². The summed E-state index contributed by atoms with van der Waals surface area (Å²) in [6.45, 7) is 8.65. The van der Waals surface area contributed by atoms with Gasteiger partial charge in [0, 0.05) is 17.2 Å². The molecule has 0 bridgehead atoms. The molecule has 47 heavy (non-hydrogen) atoms. The van der Waals surface area contributed by atoms with Crippen molar-refractivity contribution in [2.45, 2.75) is 103 Å². The summed E-state index contributed by atoms with van der Waals surface area (Å²) < 4.78 is 28.7. The van der Waals surface area contributed by atoms with Crippen LogP contribution in [0.5, 0.6) is 11.5 Å². The Morgan fingerprint density at radius 2 is 1.70 bits per heavy atom. The van der Waals surface area contributed by atoms with Gasteiger partial charge in [0.25, 0.3) is 0 Å². The quantitative estimate of drug-likeness (QED) is 0.105. The molecule has 0 spiro atoms. The van der Waals surface area contributed by atoms with Crippen molar-refractivity contribution in [1.82, 2.24) is 15.0 Å². The number of aryl methyl sites for hydroxylation is 1. The number of unbranched alkanes of at least 4 members (excludes halogenated alkanes) is 5. The Kier molecular flexibility index (Phi) is 12.2. The number of carboxylic acids is 1. The molecule has 8 nitrogen and oxygen atoms in total. The number of carboxylic acid groups (broad SMARTS) is 1. The van der Waals surface area contributed by atoms with E-state index in [1.807, 2.05) is 29.1 Å². The lowest BCUT2D eigenvalue weighted by Gasteiger charge is -2.29. The third-order valence-electron chi connectivity index (χ3n) is 8.56. The molecule has 2 N–H and O–H groups in total. The van der Waals surface area contributed by atoms with E-state index in [9.17, 15) is 15.0 Å². The van der Waals surface area contributed by atoms with E-state index >= 15 is 4.39 Å². The number of benzene rings is 3. The fraction of sp³-hybridized carbons (Fsp3) is 0.447. The van der Waals surface area contributed by atoms with Crippen molar-refractivity contribution in [2.24, 2.45) is 0 Å². The Morgan fingerprint density at radius 3 is 2.45 bits per heavy atom. The average Bonchev–Trinajstić information content (AvgIpc) is 3.47. The molecule has 4 aromatic rings. The first kappa shape index (κ1) is 35.6. The number of halogens is 1. The van der Waals surface area contributed by atoms with Gasteiger partial charge in [-0.25, -0.2) is 4.39 Å². The van der Waals surface area contributed by atoms with Crippen molar-refractivity contribution in [3.05, 3.63) is 95.1 Å². The number of methoxy groups -OCH3 is 1. The molecule has 0 radical (unpaired) electrons. The number of ether oxygens (including phenoxy) is 2. The molecule has 0 aliphatic heterocycles. The van der Waals surface area contributed by atoms with E-state index in [-0.39, 0.29) is 12.4 Å². The molecule has 1 heterocycles. The van der Waals surface area contributed by atoms with Crippen molar-refractivity contribution in [1.29, 1.82) is 0 Å². The topological polar surface area (TPSA) is 107 Å². The summed E-state index contributed by atoms with van der Waals surface area (Å²) >= 11 is 0. The van der Waals surface area contributed by atoms with Crippen LogP contribution in [-0.2, 0) is 35.4 Å². The number of nitrogens with zero attached hydrogens (tertiary/aromatic N) is 3. The van der Waals surface area contributed by atoms with E-state index < -0.39 is 23.4 Å². The number of aromatic nitrogens is 3. The number of aliphatic carboxylic acids is 1. The van der Waals surface area contributed by atoms with Crippen molar-refractivity contribution in [3.8, 4) is 22.6 Å². The van der Waals surface area contributed by atoms with Crippen LogP contribution in [0.4, 0.5) is 4.39 Å². The van der Waals surface area contributed by atoms with Gasteiger partial charge in [0.05, 0.1) is 31.4 Å². The Hall–Kier alpha value is -4.24. The van der Waals surface area contributed by atoms with Gasteiger partial charge in [-0.15, -0.1) is 5.10 Å². The van der Waals surface area contributed by atoms with Gasteiger partial charge < -0.3 is 19.7 Å². The molecular formula is C38H48FN3O5. The zero-order chi connectivity index (χ0) is 34.0. The van der Waals surface area contributed by atoms with Crippen LogP contribution in [0, 0.1) is 5.82 Å². The van der Waals surface area contributed by atoms with Gasteiger partial charge >= 0.3 is 5.97 Å². The number of hydrogen-bond acceptors (Lipinski definition) is 6. The van der Waals surface area contributed by atoms with E-state index in [4.69, 9.17) is 9.47 Å². The van der Waals surface area contributed by atoms with Crippen molar-refractivity contribution in [3.63, 3.8) is 0 Å². The molecule has 0 unspecified atom stereocenters. The Bertz CT molecular complexity index is 1630. The van der Waals surface area contributed by atoms with Gasteiger partial charge in [0.15, 0.2) is 0 Å². The number of aliphatic hydroxyl groups is 1. The fourth-order valence-electron chi connectivity index (χ4n) is 5.90. The number of carbonyl (C=O) groups is 1. The summed E-state index contributed by atoms with van der Waals surface area (Å²) in [7, 11) is 1.56. The minimum Gasteiger partial charge on any atom is -0.497 e.